The fourth-order valence-corrected chi connectivity index (χ4v) is 2.06. The molecule has 1 heterocycles. The zero-order valence-electron chi connectivity index (χ0n) is 10.8. The number of ether oxygens (including phenoxy) is 1. The van der Waals surface area contributed by atoms with Gasteiger partial charge in [-0.2, -0.15) is 13.2 Å². The molecule has 0 radical (unpaired) electrons. The average Bonchev–Trinajstić information content (AvgIpc) is 2.37. The van der Waals surface area contributed by atoms with E-state index in [1.165, 1.54) is 7.11 Å². The van der Waals surface area contributed by atoms with Gasteiger partial charge in [-0.05, 0) is 30.3 Å². The first-order valence-corrected chi connectivity index (χ1v) is 6.54. The predicted octanol–water partition coefficient (Wildman–Crippen LogP) is 4.20. The third kappa shape index (κ3) is 3.78. The van der Waals surface area contributed by atoms with E-state index < -0.39 is 11.7 Å². The van der Waals surface area contributed by atoms with E-state index in [0.717, 1.165) is 16.6 Å². The van der Waals surface area contributed by atoms with Crippen LogP contribution in [0, 0.1) is 0 Å². The summed E-state index contributed by atoms with van der Waals surface area (Å²) in [5, 5.41) is 2.77. The Morgan fingerprint density at radius 3 is 2.57 bits per heavy atom. The van der Waals surface area contributed by atoms with Crippen molar-refractivity contribution in [3.05, 3.63) is 40.4 Å². The molecule has 0 fully saturated rings. The maximum absolute atomic E-state index is 12.8. The summed E-state index contributed by atoms with van der Waals surface area (Å²) in [6, 6.07) is 6.75. The highest BCUT2D eigenvalue weighted by Crippen LogP contribution is 2.34. The zero-order chi connectivity index (χ0) is 15.6. The van der Waals surface area contributed by atoms with Crippen LogP contribution in [0.3, 0.4) is 0 Å². The number of hydrogen-bond donors (Lipinski definition) is 2. The molecule has 2 aromatic rings. The van der Waals surface area contributed by atoms with Crippen LogP contribution in [0.4, 0.5) is 30.5 Å². The second kappa shape index (κ2) is 5.80. The Morgan fingerprint density at radius 1 is 1.24 bits per heavy atom. The Balaban J connectivity index is 2.40. The van der Waals surface area contributed by atoms with Gasteiger partial charge in [0.25, 0.3) is 0 Å². The summed E-state index contributed by atoms with van der Waals surface area (Å²) < 4.78 is 44.1. The molecule has 112 valence electrons. The van der Waals surface area contributed by atoms with Crippen LogP contribution in [-0.2, 0) is 6.18 Å². The van der Waals surface area contributed by atoms with Crippen LogP contribution in [0.5, 0.6) is 5.75 Å². The molecule has 1 aromatic carbocycles. The van der Waals surface area contributed by atoms with Gasteiger partial charge in [0.2, 0.25) is 0 Å². The van der Waals surface area contributed by atoms with Gasteiger partial charge in [0.15, 0.2) is 0 Å². The Labute approximate surface area is 127 Å². The van der Waals surface area contributed by atoms with Crippen LogP contribution in [0.1, 0.15) is 5.56 Å². The molecular weight excluding hydrogens is 351 g/mol. The van der Waals surface area contributed by atoms with Crippen molar-refractivity contribution < 1.29 is 17.9 Å². The first-order chi connectivity index (χ1) is 9.79. The van der Waals surface area contributed by atoms with Crippen molar-refractivity contribution >= 4 is 33.3 Å². The number of benzene rings is 1. The Hall–Kier alpha value is -1.96. The van der Waals surface area contributed by atoms with Gasteiger partial charge in [-0.1, -0.05) is 15.9 Å². The molecule has 2 rings (SSSR count). The third-order valence-electron chi connectivity index (χ3n) is 2.60. The Kier molecular flexibility index (Phi) is 4.26. The number of alkyl halides is 3. The standard InChI is InChI=1S/C13H11BrF3N3O/c1-21-10-3-2-8(14)6-9(10)19-12-5-7(13(15,16)17)4-11(18)20-12/h2-6H,1H3,(H3,18,19,20). The molecule has 0 unspecified atom stereocenters. The minimum atomic E-state index is -4.49. The maximum Gasteiger partial charge on any atom is 0.416 e. The number of nitrogen functional groups attached to an aromatic ring is 1. The topological polar surface area (TPSA) is 60.2 Å². The van der Waals surface area contributed by atoms with Crippen LogP contribution < -0.4 is 15.8 Å². The van der Waals surface area contributed by atoms with Crippen LogP contribution in [-0.4, -0.2) is 12.1 Å². The smallest absolute Gasteiger partial charge is 0.416 e. The van der Waals surface area contributed by atoms with E-state index in [4.69, 9.17) is 10.5 Å². The molecule has 4 nitrogen and oxygen atoms in total. The van der Waals surface area contributed by atoms with Gasteiger partial charge in [0.1, 0.15) is 17.4 Å². The highest BCUT2D eigenvalue weighted by Gasteiger charge is 2.31. The minimum Gasteiger partial charge on any atom is -0.495 e. The summed E-state index contributed by atoms with van der Waals surface area (Å²) in [5.41, 5.74) is 5.02. The quantitative estimate of drug-likeness (QED) is 0.859. The van der Waals surface area contributed by atoms with Gasteiger partial charge in [-0.15, -0.1) is 0 Å². The van der Waals surface area contributed by atoms with Crippen molar-refractivity contribution in [3.8, 4) is 5.75 Å². The number of methoxy groups -OCH3 is 1. The molecule has 0 aliphatic rings. The van der Waals surface area contributed by atoms with E-state index in [2.05, 4.69) is 26.2 Å². The maximum atomic E-state index is 12.8. The first-order valence-electron chi connectivity index (χ1n) is 5.75. The van der Waals surface area contributed by atoms with E-state index in [1.807, 2.05) is 0 Å². The molecule has 21 heavy (non-hydrogen) atoms. The molecule has 0 spiro atoms. The zero-order valence-corrected chi connectivity index (χ0v) is 12.4. The van der Waals surface area contributed by atoms with Gasteiger partial charge in [0.05, 0.1) is 18.4 Å². The summed E-state index contributed by atoms with van der Waals surface area (Å²) >= 11 is 3.28. The normalized spacial score (nSPS) is 11.3. The lowest BCUT2D eigenvalue weighted by atomic mass is 10.2. The largest absolute Gasteiger partial charge is 0.495 e. The number of nitrogens with two attached hydrogens (primary N) is 1. The van der Waals surface area contributed by atoms with Gasteiger partial charge in [-0.25, -0.2) is 4.98 Å². The van der Waals surface area contributed by atoms with Gasteiger partial charge in [-0.3, -0.25) is 0 Å². The van der Waals surface area contributed by atoms with E-state index >= 15 is 0 Å². The first kappa shape index (κ1) is 15.4. The second-order valence-corrected chi connectivity index (χ2v) is 5.05. The summed E-state index contributed by atoms with van der Waals surface area (Å²) in [7, 11) is 1.46. The molecule has 0 aliphatic heterocycles. The van der Waals surface area contributed by atoms with Crippen molar-refractivity contribution in [2.45, 2.75) is 6.18 Å². The van der Waals surface area contributed by atoms with Crippen LogP contribution >= 0.6 is 15.9 Å². The number of hydrogen-bond acceptors (Lipinski definition) is 4. The molecule has 0 bridgehead atoms. The third-order valence-corrected chi connectivity index (χ3v) is 3.09. The number of rotatable bonds is 3. The monoisotopic (exact) mass is 361 g/mol. The number of halogens is 4. The van der Waals surface area contributed by atoms with E-state index in [1.54, 1.807) is 18.2 Å². The van der Waals surface area contributed by atoms with Crippen molar-refractivity contribution in [3.63, 3.8) is 0 Å². The minimum absolute atomic E-state index is 0.0151. The highest BCUT2D eigenvalue weighted by atomic mass is 79.9. The molecular formula is C13H11BrF3N3O. The van der Waals surface area contributed by atoms with Gasteiger partial charge < -0.3 is 15.8 Å². The molecule has 0 saturated carbocycles. The molecule has 0 amide bonds. The van der Waals surface area contributed by atoms with Crippen LogP contribution in [0.15, 0.2) is 34.8 Å². The number of anilines is 3. The van der Waals surface area contributed by atoms with E-state index in [-0.39, 0.29) is 11.6 Å². The lowest BCUT2D eigenvalue weighted by molar-refractivity contribution is -0.137. The van der Waals surface area contributed by atoms with Gasteiger partial charge in [0, 0.05) is 4.47 Å². The fraction of sp³-hybridized carbons (Fsp3) is 0.154. The SMILES string of the molecule is COc1ccc(Br)cc1Nc1cc(C(F)(F)F)cc(N)n1. The highest BCUT2D eigenvalue weighted by molar-refractivity contribution is 9.10. The molecule has 1 aromatic heterocycles. The van der Waals surface area contributed by atoms with Crippen molar-refractivity contribution in [1.82, 2.24) is 4.98 Å². The van der Waals surface area contributed by atoms with E-state index in [0.29, 0.717) is 11.4 Å². The summed E-state index contributed by atoms with van der Waals surface area (Å²) in [6.45, 7) is 0. The second-order valence-electron chi connectivity index (χ2n) is 4.13. The molecule has 3 N–H and O–H groups in total. The van der Waals surface area contributed by atoms with Crippen molar-refractivity contribution in [2.75, 3.05) is 18.2 Å². The number of aromatic nitrogens is 1. The number of nitrogens with zero attached hydrogens (tertiary/aromatic N) is 1. The molecule has 0 aliphatic carbocycles. The fourth-order valence-electron chi connectivity index (χ4n) is 1.70. The van der Waals surface area contributed by atoms with E-state index in [9.17, 15) is 13.2 Å². The summed E-state index contributed by atoms with van der Waals surface area (Å²) in [6.07, 6.45) is -4.49. The van der Waals surface area contributed by atoms with Crippen molar-refractivity contribution in [2.24, 2.45) is 0 Å². The average molecular weight is 362 g/mol. The van der Waals surface area contributed by atoms with Crippen molar-refractivity contribution in [1.29, 1.82) is 0 Å². The van der Waals surface area contributed by atoms with Gasteiger partial charge >= 0.3 is 6.18 Å². The summed E-state index contributed by atoms with van der Waals surface area (Å²) in [5.74, 6) is 0.232. The number of nitrogens with one attached hydrogen (secondary N) is 1. The lowest BCUT2D eigenvalue weighted by Crippen LogP contribution is -2.08. The predicted molar refractivity (Wildman–Crippen MR) is 77.6 cm³/mol. The van der Waals surface area contributed by atoms with Crippen LogP contribution in [0.25, 0.3) is 0 Å². The molecule has 0 atom stereocenters. The van der Waals surface area contributed by atoms with Crippen LogP contribution in [0.2, 0.25) is 0 Å². The molecule has 0 saturated heterocycles. The summed E-state index contributed by atoms with van der Waals surface area (Å²) in [4.78, 5) is 3.84. The Bertz CT molecular complexity index is 662. The Morgan fingerprint density at radius 2 is 1.95 bits per heavy atom. The molecule has 8 heteroatoms. The number of pyridine rings is 1. The lowest BCUT2D eigenvalue weighted by Gasteiger charge is -2.13.